The van der Waals surface area contributed by atoms with Crippen LogP contribution in [0.25, 0.3) is 0 Å². The van der Waals surface area contributed by atoms with Crippen molar-refractivity contribution in [2.75, 3.05) is 0 Å². The number of phenolic OH excluding ortho intramolecular Hbond substituents is 1. The molecule has 1 N–H and O–H groups in total. The summed E-state index contributed by atoms with van der Waals surface area (Å²) in [6, 6.07) is 2.36. The number of rotatable bonds is 0. The molecule has 0 amide bonds. The maximum atomic E-state index is 12.5. The fourth-order valence-corrected chi connectivity index (χ4v) is 1.33. The second-order valence-electron chi connectivity index (χ2n) is 1.72. The number of hydrogen-bond acceptors (Lipinski definition) is 1. The molecule has 0 unspecified atom stereocenters. The number of halogens is 3. The zero-order valence-electron chi connectivity index (χ0n) is 4.74. The molecule has 1 nitrogen and oxygen atoms in total. The Balaban J connectivity index is 3.28. The van der Waals surface area contributed by atoms with Crippen molar-refractivity contribution in [3.63, 3.8) is 0 Å². The van der Waals surface area contributed by atoms with E-state index in [1.54, 1.807) is 0 Å². The Morgan fingerprint density at radius 1 is 1.50 bits per heavy atom. The average Bonchev–Trinajstić information content (AvgIpc) is 1.84. The van der Waals surface area contributed by atoms with Gasteiger partial charge >= 0.3 is 0 Å². The summed E-state index contributed by atoms with van der Waals surface area (Å²) >= 11 is 7.26. The molecule has 0 saturated heterocycles. The first kappa shape index (κ1) is 8.07. The minimum atomic E-state index is -0.598. The Kier molecular flexibility index (Phi) is 2.36. The van der Waals surface area contributed by atoms with Gasteiger partial charge in [0.25, 0.3) is 0 Å². The van der Waals surface area contributed by atoms with Crippen LogP contribution >= 0.6 is 34.2 Å². The van der Waals surface area contributed by atoms with Crippen molar-refractivity contribution in [2.45, 2.75) is 0 Å². The second kappa shape index (κ2) is 2.92. The predicted molar refractivity (Wildman–Crippen MR) is 45.8 cm³/mol. The molecular formula is C6H3ClFIO. The highest BCUT2D eigenvalue weighted by molar-refractivity contribution is 14.1. The lowest BCUT2D eigenvalue weighted by molar-refractivity contribution is 0.465. The molecule has 10 heavy (non-hydrogen) atoms. The van der Waals surface area contributed by atoms with E-state index in [4.69, 9.17) is 16.7 Å². The summed E-state index contributed by atoms with van der Waals surface area (Å²) in [5.74, 6) is -0.679. The van der Waals surface area contributed by atoms with Gasteiger partial charge in [-0.05, 0) is 28.7 Å². The van der Waals surface area contributed by atoms with Gasteiger partial charge in [0, 0.05) is 6.07 Å². The smallest absolute Gasteiger partial charge is 0.145 e. The molecule has 0 radical (unpaired) electrons. The monoisotopic (exact) mass is 272 g/mol. The molecule has 54 valence electrons. The van der Waals surface area contributed by atoms with Crippen LogP contribution in [0.3, 0.4) is 0 Å². The maximum absolute atomic E-state index is 12.5. The molecule has 0 bridgehead atoms. The number of phenols is 1. The number of benzene rings is 1. The van der Waals surface area contributed by atoms with Gasteiger partial charge in [0.2, 0.25) is 0 Å². The van der Waals surface area contributed by atoms with Crippen molar-refractivity contribution in [3.8, 4) is 5.75 Å². The Morgan fingerprint density at radius 3 is 2.60 bits per heavy atom. The van der Waals surface area contributed by atoms with Gasteiger partial charge in [-0.1, -0.05) is 11.6 Å². The van der Waals surface area contributed by atoms with E-state index < -0.39 is 5.82 Å². The molecule has 1 rings (SSSR count). The van der Waals surface area contributed by atoms with E-state index in [0.29, 0.717) is 3.57 Å². The van der Waals surface area contributed by atoms with Crippen LogP contribution in [-0.2, 0) is 0 Å². The van der Waals surface area contributed by atoms with Crippen molar-refractivity contribution < 1.29 is 9.50 Å². The van der Waals surface area contributed by atoms with Crippen LogP contribution in [0.5, 0.6) is 5.75 Å². The third-order valence-corrected chi connectivity index (χ3v) is 2.14. The Hall–Kier alpha value is -0.0300. The van der Waals surface area contributed by atoms with Crippen molar-refractivity contribution in [1.29, 1.82) is 0 Å². The largest absolute Gasteiger partial charge is 0.507 e. The summed E-state index contributed by atoms with van der Waals surface area (Å²) in [5.41, 5.74) is 0. The standard InChI is InChI=1S/C6H3ClFIO/c7-3-1-5(9)6(10)2-4(3)8/h1-2,10H. The van der Waals surface area contributed by atoms with Gasteiger partial charge in [-0.25, -0.2) is 4.39 Å². The molecule has 0 aliphatic carbocycles. The highest BCUT2D eigenvalue weighted by Gasteiger charge is 2.03. The van der Waals surface area contributed by atoms with Crippen molar-refractivity contribution in [2.24, 2.45) is 0 Å². The van der Waals surface area contributed by atoms with Gasteiger partial charge in [0.05, 0.1) is 8.59 Å². The zero-order valence-corrected chi connectivity index (χ0v) is 7.65. The molecule has 0 heterocycles. The second-order valence-corrected chi connectivity index (χ2v) is 3.29. The average molecular weight is 272 g/mol. The first-order chi connectivity index (χ1) is 4.61. The van der Waals surface area contributed by atoms with E-state index in [2.05, 4.69) is 0 Å². The lowest BCUT2D eigenvalue weighted by Gasteiger charge is -1.97. The molecule has 0 saturated carbocycles. The van der Waals surface area contributed by atoms with Gasteiger partial charge in [0.1, 0.15) is 11.6 Å². The van der Waals surface area contributed by atoms with Crippen molar-refractivity contribution in [3.05, 3.63) is 26.5 Å². The predicted octanol–water partition coefficient (Wildman–Crippen LogP) is 2.79. The summed E-state index contributed by atoms with van der Waals surface area (Å²) < 4.78 is 13.0. The van der Waals surface area contributed by atoms with Crippen LogP contribution in [0.15, 0.2) is 12.1 Å². The topological polar surface area (TPSA) is 20.2 Å². The molecule has 0 fully saturated rings. The van der Waals surface area contributed by atoms with E-state index >= 15 is 0 Å². The molecule has 1 aromatic rings. The highest BCUT2D eigenvalue weighted by Crippen LogP contribution is 2.25. The van der Waals surface area contributed by atoms with Crippen molar-refractivity contribution >= 4 is 34.2 Å². The van der Waals surface area contributed by atoms with Crippen LogP contribution < -0.4 is 0 Å². The fourth-order valence-electron chi connectivity index (χ4n) is 0.512. The van der Waals surface area contributed by atoms with Crippen LogP contribution in [0.4, 0.5) is 4.39 Å². The zero-order chi connectivity index (χ0) is 7.72. The van der Waals surface area contributed by atoms with E-state index in [0.717, 1.165) is 6.07 Å². The lowest BCUT2D eigenvalue weighted by atomic mass is 10.3. The van der Waals surface area contributed by atoms with Gasteiger partial charge in [-0.3, -0.25) is 0 Å². The minimum absolute atomic E-state index is 0.0298. The van der Waals surface area contributed by atoms with Gasteiger partial charge in [-0.15, -0.1) is 0 Å². The summed E-state index contributed by atoms with van der Waals surface area (Å²) in [5, 5.41) is 8.95. The van der Waals surface area contributed by atoms with Crippen LogP contribution in [0, 0.1) is 9.39 Å². The minimum Gasteiger partial charge on any atom is -0.507 e. The molecule has 4 heteroatoms. The molecule has 0 atom stereocenters. The Bertz CT molecular complexity index is 214. The van der Waals surface area contributed by atoms with Crippen molar-refractivity contribution in [1.82, 2.24) is 0 Å². The SMILES string of the molecule is Oc1cc(F)c(Cl)cc1I. The van der Waals surface area contributed by atoms with Crippen LogP contribution in [0.1, 0.15) is 0 Å². The van der Waals surface area contributed by atoms with Gasteiger partial charge in [0.15, 0.2) is 0 Å². The first-order valence-corrected chi connectivity index (χ1v) is 3.90. The highest BCUT2D eigenvalue weighted by atomic mass is 127. The van der Waals surface area contributed by atoms with E-state index in [1.807, 2.05) is 22.6 Å². The molecule has 1 aromatic carbocycles. The summed E-state index contributed by atoms with van der Waals surface area (Å²) in [4.78, 5) is 0. The summed E-state index contributed by atoms with van der Waals surface area (Å²) in [6.07, 6.45) is 0. The first-order valence-electron chi connectivity index (χ1n) is 2.45. The maximum Gasteiger partial charge on any atom is 0.145 e. The Morgan fingerprint density at radius 2 is 2.10 bits per heavy atom. The quantitative estimate of drug-likeness (QED) is 0.569. The normalized spacial score (nSPS) is 9.90. The van der Waals surface area contributed by atoms with E-state index in [9.17, 15) is 4.39 Å². The third-order valence-electron chi connectivity index (χ3n) is 0.990. The molecule has 0 aromatic heterocycles. The van der Waals surface area contributed by atoms with E-state index in [-0.39, 0.29) is 10.8 Å². The molecule has 0 aliphatic heterocycles. The van der Waals surface area contributed by atoms with Crippen LogP contribution in [-0.4, -0.2) is 5.11 Å². The third kappa shape index (κ3) is 1.52. The van der Waals surface area contributed by atoms with Gasteiger partial charge in [-0.2, -0.15) is 0 Å². The number of hydrogen-bond donors (Lipinski definition) is 1. The van der Waals surface area contributed by atoms with Crippen LogP contribution in [0.2, 0.25) is 5.02 Å². The summed E-state index contributed by atoms with van der Waals surface area (Å²) in [7, 11) is 0. The Labute approximate surface area is 76.0 Å². The van der Waals surface area contributed by atoms with E-state index in [1.165, 1.54) is 6.07 Å². The fraction of sp³-hybridized carbons (Fsp3) is 0. The number of aromatic hydroxyl groups is 1. The summed E-state index contributed by atoms with van der Waals surface area (Å²) in [6.45, 7) is 0. The molecular weight excluding hydrogens is 269 g/mol. The molecule has 0 spiro atoms. The molecule has 0 aliphatic rings. The lowest BCUT2D eigenvalue weighted by Crippen LogP contribution is -1.79. The van der Waals surface area contributed by atoms with Gasteiger partial charge < -0.3 is 5.11 Å².